The molecule has 0 saturated carbocycles. The van der Waals surface area contributed by atoms with E-state index in [1.165, 1.54) is 57.2 Å². The molecule has 1 saturated heterocycles. The maximum Gasteiger partial charge on any atom is 0.0406 e. The van der Waals surface area contributed by atoms with E-state index in [1.807, 2.05) is 12.1 Å². The second-order valence-electron chi connectivity index (χ2n) is 5.31. The molecule has 100 valence electrons. The van der Waals surface area contributed by atoms with Gasteiger partial charge in [0.05, 0.1) is 0 Å². The van der Waals surface area contributed by atoms with Crippen molar-refractivity contribution in [2.45, 2.75) is 51.5 Å². The minimum atomic E-state index is 0.600. The van der Waals surface area contributed by atoms with Crippen LogP contribution in [0.1, 0.15) is 57.1 Å². The number of nitrogens with zero attached hydrogens (tertiary/aromatic N) is 1. The fourth-order valence-corrected chi connectivity index (χ4v) is 3.00. The third kappa shape index (κ3) is 3.73. The van der Waals surface area contributed by atoms with Crippen molar-refractivity contribution in [1.29, 1.82) is 0 Å². The lowest BCUT2D eigenvalue weighted by molar-refractivity contribution is 0.153. The molecule has 0 amide bonds. The number of piperidine rings is 1. The Morgan fingerprint density at radius 3 is 2.39 bits per heavy atom. The minimum Gasteiger partial charge on any atom is -0.296 e. The van der Waals surface area contributed by atoms with E-state index in [2.05, 4.69) is 24.0 Å². The van der Waals surface area contributed by atoms with E-state index in [0.717, 1.165) is 5.02 Å². The van der Waals surface area contributed by atoms with Gasteiger partial charge in [0.25, 0.3) is 0 Å². The Bertz CT molecular complexity index is 341. The summed E-state index contributed by atoms with van der Waals surface area (Å²) in [6, 6.07) is 9.07. The highest BCUT2D eigenvalue weighted by molar-refractivity contribution is 6.30. The first-order valence-corrected chi connectivity index (χ1v) is 7.68. The molecule has 0 bridgehead atoms. The summed E-state index contributed by atoms with van der Waals surface area (Å²) < 4.78 is 0. The summed E-state index contributed by atoms with van der Waals surface area (Å²) >= 11 is 5.99. The van der Waals surface area contributed by atoms with Gasteiger partial charge in [-0.3, -0.25) is 4.90 Å². The lowest BCUT2D eigenvalue weighted by Crippen LogP contribution is -2.33. The van der Waals surface area contributed by atoms with Crippen molar-refractivity contribution < 1.29 is 0 Å². The van der Waals surface area contributed by atoms with E-state index >= 15 is 0 Å². The number of hydrogen-bond acceptors (Lipinski definition) is 1. The van der Waals surface area contributed by atoms with Crippen molar-refractivity contribution in [3.05, 3.63) is 34.9 Å². The van der Waals surface area contributed by atoms with E-state index < -0.39 is 0 Å². The van der Waals surface area contributed by atoms with Gasteiger partial charge in [-0.2, -0.15) is 0 Å². The van der Waals surface area contributed by atoms with Gasteiger partial charge in [-0.15, -0.1) is 0 Å². The van der Waals surface area contributed by atoms with Gasteiger partial charge in [0, 0.05) is 11.1 Å². The predicted octanol–water partition coefficient (Wildman–Crippen LogP) is 5.06. The highest BCUT2D eigenvalue weighted by Gasteiger charge is 2.21. The lowest BCUT2D eigenvalue weighted by atomic mass is 9.97. The van der Waals surface area contributed by atoms with Crippen LogP contribution >= 0.6 is 11.6 Å². The van der Waals surface area contributed by atoms with Crippen LogP contribution in [0.15, 0.2) is 24.3 Å². The number of hydrogen-bond donors (Lipinski definition) is 0. The zero-order valence-electron chi connectivity index (χ0n) is 11.4. The van der Waals surface area contributed by atoms with Crippen molar-refractivity contribution >= 4 is 11.6 Å². The number of benzene rings is 1. The van der Waals surface area contributed by atoms with E-state index in [4.69, 9.17) is 11.6 Å². The van der Waals surface area contributed by atoms with Crippen LogP contribution < -0.4 is 0 Å². The average molecular weight is 266 g/mol. The first kappa shape index (κ1) is 13.9. The van der Waals surface area contributed by atoms with Gasteiger partial charge in [-0.25, -0.2) is 0 Å². The smallest absolute Gasteiger partial charge is 0.0406 e. The molecule has 1 aliphatic rings. The summed E-state index contributed by atoms with van der Waals surface area (Å²) in [5, 5.41) is 0.839. The van der Waals surface area contributed by atoms with Crippen LogP contribution in [0.2, 0.25) is 5.02 Å². The molecular formula is C16H24ClN. The molecule has 0 aliphatic carbocycles. The SMILES string of the molecule is CCCC[C@H](c1ccc(Cl)cc1)N1CCCCC1. The lowest BCUT2D eigenvalue weighted by Gasteiger charge is -2.35. The molecule has 1 nitrogen and oxygen atoms in total. The summed E-state index contributed by atoms with van der Waals surface area (Å²) in [6.45, 7) is 4.79. The van der Waals surface area contributed by atoms with Crippen LogP contribution in [0.5, 0.6) is 0 Å². The summed E-state index contributed by atoms with van der Waals surface area (Å²) in [7, 11) is 0. The maximum absolute atomic E-state index is 5.99. The normalized spacial score (nSPS) is 18.8. The zero-order chi connectivity index (χ0) is 12.8. The Morgan fingerprint density at radius 1 is 1.11 bits per heavy atom. The van der Waals surface area contributed by atoms with E-state index in [-0.39, 0.29) is 0 Å². The van der Waals surface area contributed by atoms with Gasteiger partial charge in [0.2, 0.25) is 0 Å². The molecule has 0 radical (unpaired) electrons. The van der Waals surface area contributed by atoms with Crippen LogP contribution in [-0.2, 0) is 0 Å². The van der Waals surface area contributed by atoms with Crippen LogP contribution in [0.4, 0.5) is 0 Å². The Kier molecular flexibility index (Phi) is 5.52. The molecule has 0 unspecified atom stereocenters. The number of unbranched alkanes of at least 4 members (excludes halogenated alkanes) is 1. The maximum atomic E-state index is 5.99. The number of likely N-dealkylation sites (tertiary alicyclic amines) is 1. The molecule has 2 heteroatoms. The van der Waals surface area contributed by atoms with Crippen LogP contribution in [0.3, 0.4) is 0 Å². The third-order valence-corrected chi connectivity index (χ3v) is 4.17. The summed E-state index contributed by atoms with van der Waals surface area (Å²) in [6.07, 6.45) is 7.98. The average Bonchev–Trinajstić information content (AvgIpc) is 2.42. The van der Waals surface area contributed by atoms with Crippen LogP contribution in [0, 0.1) is 0 Å². The van der Waals surface area contributed by atoms with Crippen LogP contribution in [0.25, 0.3) is 0 Å². The van der Waals surface area contributed by atoms with Crippen molar-refractivity contribution in [2.24, 2.45) is 0 Å². The molecule has 0 N–H and O–H groups in total. The standard InChI is InChI=1S/C16H24ClN/c1-2-3-7-16(18-12-5-4-6-13-18)14-8-10-15(17)11-9-14/h8-11,16H,2-7,12-13H2,1H3/t16-/m1/s1. The molecule has 1 aromatic carbocycles. The fourth-order valence-electron chi connectivity index (χ4n) is 2.87. The molecule has 1 atom stereocenters. The summed E-state index contributed by atoms with van der Waals surface area (Å²) in [5.74, 6) is 0. The predicted molar refractivity (Wildman–Crippen MR) is 79.1 cm³/mol. The van der Waals surface area contributed by atoms with Gasteiger partial charge in [0.15, 0.2) is 0 Å². The Hall–Kier alpha value is -0.530. The van der Waals surface area contributed by atoms with Gasteiger partial charge in [0.1, 0.15) is 0 Å². The Balaban J connectivity index is 2.10. The Morgan fingerprint density at radius 2 is 1.78 bits per heavy atom. The molecule has 2 rings (SSSR count). The van der Waals surface area contributed by atoms with Gasteiger partial charge in [-0.1, -0.05) is 49.9 Å². The first-order chi connectivity index (χ1) is 8.81. The summed E-state index contributed by atoms with van der Waals surface area (Å²) in [5.41, 5.74) is 1.44. The molecule has 0 aromatic heterocycles. The van der Waals surface area contributed by atoms with Gasteiger partial charge in [-0.05, 0) is 50.0 Å². The van der Waals surface area contributed by atoms with Crippen molar-refractivity contribution in [2.75, 3.05) is 13.1 Å². The summed E-state index contributed by atoms with van der Waals surface area (Å²) in [4.78, 5) is 2.67. The van der Waals surface area contributed by atoms with Crippen LogP contribution in [-0.4, -0.2) is 18.0 Å². The molecule has 1 heterocycles. The fraction of sp³-hybridized carbons (Fsp3) is 0.625. The molecule has 1 aromatic rings. The first-order valence-electron chi connectivity index (χ1n) is 7.31. The quantitative estimate of drug-likeness (QED) is 0.720. The van der Waals surface area contributed by atoms with Gasteiger partial charge >= 0.3 is 0 Å². The van der Waals surface area contributed by atoms with Gasteiger partial charge < -0.3 is 0 Å². The highest BCUT2D eigenvalue weighted by atomic mass is 35.5. The second kappa shape index (κ2) is 7.16. The topological polar surface area (TPSA) is 3.24 Å². The molecule has 1 aliphatic heterocycles. The monoisotopic (exact) mass is 265 g/mol. The third-order valence-electron chi connectivity index (χ3n) is 3.92. The minimum absolute atomic E-state index is 0.600. The molecule has 1 fully saturated rings. The highest BCUT2D eigenvalue weighted by Crippen LogP contribution is 2.29. The largest absolute Gasteiger partial charge is 0.296 e. The van der Waals surface area contributed by atoms with E-state index in [1.54, 1.807) is 0 Å². The van der Waals surface area contributed by atoms with E-state index in [0.29, 0.717) is 6.04 Å². The second-order valence-corrected chi connectivity index (χ2v) is 5.74. The van der Waals surface area contributed by atoms with E-state index in [9.17, 15) is 0 Å². The zero-order valence-corrected chi connectivity index (χ0v) is 12.1. The molecule has 0 spiro atoms. The Labute approximate surface area is 116 Å². The number of rotatable bonds is 5. The molecule has 18 heavy (non-hydrogen) atoms. The molecular weight excluding hydrogens is 242 g/mol. The van der Waals surface area contributed by atoms with Crippen molar-refractivity contribution in [3.63, 3.8) is 0 Å². The number of halogens is 1. The van der Waals surface area contributed by atoms with Crippen molar-refractivity contribution in [1.82, 2.24) is 4.90 Å². The van der Waals surface area contributed by atoms with Crippen molar-refractivity contribution in [3.8, 4) is 0 Å².